The number of nitrogens with zero attached hydrogens (tertiary/aromatic N) is 6. The van der Waals surface area contributed by atoms with Gasteiger partial charge in [0.15, 0.2) is 0 Å². The molecule has 8 heteroatoms. The first-order chi connectivity index (χ1) is 13.1. The first-order valence-electron chi connectivity index (χ1n) is 8.52. The van der Waals surface area contributed by atoms with Gasteiger partial charge in [-0.3, -0.25) is 14.2 Å². The predicted molar refractivity (Wildman–Crippen MR) is 101 cm³/mol. The van der Waals surface area contributed by atoms with Crippen LogP contribution in [0.3, 0.4) is 0 Å². The number of nitrogens with one attached hydrogen (secondary N) is 1. The number of hydrogen-bond acceptors (Lipinski definition) is 4. The standard InChI is InChI=1S/C19H19N7O/c1-14-4-3-5-16(10-14)26-12-15(11-21-26)17-7-9-25(23-17)13-19(27)22-18-6-8-20-24(18)2/h3-12H,13H2,1-2H3,(H,22,27). The average Bonchev–Trinajstić information content (AvgIpc) is 3.37. The van der Waals surface area contributed by atoms with Crippen molar-refractivity contribution >= 4 is 11.7 Å². The van der Waals surface area contributed by atoms with Crippen LogP contribution < -0.4 is 5.32 Å². The van der Waals surface area contributed by atoms with E-state index < -0.39 is 0 Å². The molecule has 0 bridgehead atoms. The summed E-state index contributed by atoms with van der Waals surface area (Å²) in [6.07, 6.45) is 7.11. The van der Waals surface area contributed by atoms with E-state index in [4.69, 9.17) is 0 Å². The number of aromatic nitrogens is 6. The zero-order valence-corrected chi connectivity index (χ0v) is 15.1. The summed E-state index contributed by atoms with van der Waals surface area (Å²) in [6.45, 7) is 2.17. The molecule has 4 aromatic rings. The summed E-state index contributed by atoms with van der Waals surface area (Å²) in [6, 6.07) is 11.7. The molecule has 0 saturated heterocycles. The second kappa shape index (κ2) is 6.91. The molecule has 0 saturated carbocycles. The minimum absolute atomic E-state index is 0.122. The third-order valence-electron chi connectivity index (χ3n) is 4.18. The predicted octanol–water partition coefficient (Wildman–Crippen LogP) is 2.42. The van der Waals surface area contributed by atoms with Crippen molar-refractivity contribution in [3.05, 3.63) is 66.7 Å². The second-order valence-electron chi connectivity index (χ2n) is 6.30. The highest BCUT2D eigenvalue weighted by Crippen LogP contribution is 2.18. The fourth-order valence-electron chi connectivity index (χ4n) is 2.80. The lowest BCUT2D eigenvalue weighted by atomic mass is 10.2. The topological polar surface area (TPSA) is 82.6 Å². The summed E-state index contributed by atoms with van der Waals surface area (Å²) < 4.78 is 5.02. The number of amides is 1. The molecule has 3 aromatic heterocycles. The lowest BCUT2D eigenvalue weighted by Crippen LogP contribution is -2.20. The van der Waals surface area contributed by atoms with Crippen molar-refractivity contribution in [1.29, 1.82) is 0 Å². The van der Waals surface area contributed by atoms with Crippen molar-refractivity contribution in [3.63, 3.8) is 0 Å². The number of carbonyl (C=O) groups is 1. The van der Waals surface area contributed by atoms with Gasteiger partial charge in [-0.15, -0.1) is 0 Å². The van der Waals surface area contributed by atoms with E-state index >= 15 is 0 Å². The average molecular weight is 361 g/mol. The maximum Gasteiger partial charge on any atom is 0.247 e. The van der Waals surface area contributed by atoms with Gasteiger partial charge in [0.2, 0.25) is 5.91 Å². The van der Waals surface area contributed by atoms with Crippen molar-refractivity contribution in [1.82, 2.24) is 29.3 Å². The van der Waals surface area contributed by atoms with Crippen molar-refractivity contribution in [2.45, 2.75) is 13.5 Å². The number of anilines is 1. The molecule has 8 nitrogen and oxygen atoms in total. The van der Waals surface area contributed by atoms with Gasteiger partial charge < -0.3 is 5.32 Å². The number of benzene rings is 1. The molecule has 0 spiro atoms. The lowest BCUT2D eigenvalue weighted by Gasteiger charge is -2.05. The van der Waals surface area contributed by atoms with Crippen LogP contribution in [0.5, 0.6) is 0 Å². The van der Waals surface area contributed by atoms with Crippen LogP contribution in [0.2, 0.25) is 0 Å². The van der Waals surface area contributed by atoms with E-state index in [-0.39, 0.29) is 12.5 Å². The van der Waals surface area contributed by atoms with E-state index in [1.54, 1.807) is 41.1 Å². The lowest BCUT2D eigenvalue weighted by molar-refractivity contribution is -0.116. The number of aryl methyl sites for hydroxylation is 2. The highest BCUT2D eigenvalue weighted by Gasteiger charge is 2.10. The van der Waals surface area contributed by atoms with Crippen LogP contribution in [0.1, 0.15) is 5.56 Å². The Morgan fingerprint density at radius 3 is 2.85 bits per heavy atom. The van der Waals surface area contributed by atoms with Crippen LogP contribution >= 0.6 is 0 Å². The van der Waals surface area contributed by atoms with Gasteiger partial charge in [-0.05, 0) is 30.7 Å². The Bertz CT molecular complexity index is 1090. The van der Waals surface area contributed by atoms with Crippen molar-refractivity contribution in [2.24, 2.45) is 7.05 Å². The van der Waals surface area contributed by atoms with Gasteiger partial charge in [-0.25, -0.2) is 4.68 Å². The van der Waals surface area contributed by atoms with E-state index in [2.05, 4.69) is 26.7 Å². The monoisotopic (exact) mass is 361 g/mol. The van der Waals surface area contributed by atoms with E-state index in [1.807, 2.05) is 42.1 Å². The van der Waals surface area contributed by atoms with Gasteiger partial charge in [-0.1, -0.05) is 12.1 Å². The Labute approximate surface area is 156 Å². The van der Waals surface area contributed by atoms with Crippen LogP contribution in [0.25, 0.3) is 16.9 Å². The summed E-state index contributed by atoms with van der Waals surface area (Å²) in [5, 5.41) is 15.7. The van der Waals surface area contributed by atoms with Crippen LogP contribution in [-0.2, 0) is 18.4 Å². The van der Waals surface area contributed by atoms with Gasteiger partial charge in [0, 0.05) is 31.1 Å². The van der Waals surface area contributed by atoms with E-state index in [0.717, 1.165) is 16.9 Å². The number of rotatable bonds is 5. The Balaban J connectivity index is 1.46. The van der Waals surface area contributed by atoms with Gasteiger partial charge in [-0.2, -0.15) is 15.3 Å². The summed E-state index contributed by atoms with van der Waals surface area (Å²) in [5.74, 6) is 0.482. The Kier molecular flexibility index (Phi) is 4.29. The van der Waals surface area contributed by atoms with Crippen molar-refractivity contribution in [2.75, 3.05) is 5.32 Å². The smallest absolute Gasteiger partial charge is 0.247 e. The summed E-state index contributed by atoms with van der Waals surface area (Å²) >= 11 is 0. The number of carbonyl (C=O) groups excluding carboxylic acids is 1. The highest BCUT2D eigenvalue weighted by atomic mass is 16.2. The highest BCUT2D eigenvalue weighted by molar-refractivity contribution is 5.89. The second-order valence-corrected chi connectivity index (χ2v) is 6.30. The molecular formula is C19H19N7O. The first kappa shape index (κ1) is 16.8. The SMILES string of the molecule is Cc1cccc(-n2cc(-c3ccn(CC(=O)Nc4ccnn4C)n3)cn2)c1. The van der Waals surface area contributed by atoms with Crippen LogP contribution in [-0.4, -0.2) is 35.2 Å². The van der Waals surface area contributed by atoms with Gasteiger partial charge in [0.25, 0.3) is 0 Å². The molecule has 0 atom stereocenters. The van der Waals surface area contributed by atoms with Crippen molar-refractivity contribution in [3.8, 4) is 16.9 Å². The van der Waals surface area contributed by atoms with Crippen molar-refractivity contribution < 1.29 is 4.79 Å². The molecule has 4 rings (SSSR count). The summed E-state index contributed by atoms with van der Waals surface area (Å²) in [4.78, 5) is 12.2. The molecule has 0 unspecified atom stereocenters. The molecule has 136 valence electrons. The first-order valence-corrected chi connectivity index (χ1v) is 8.52. The summed E-state index contributed by atoms with van der Waals surface area (Å²) in [7, 11) is 1.77. The fraction of sp³-hybridized carbons (Fsp3) is 0.158. The minimum atomic E-state index is -0.163. The zero-order chi connectivity index (χ0) is 18.8. The largest absolute Gasteiger partial charge is 0.309 e. The third-order valence-corrected chi connectivity index (χ3v) is 4.18. The normalized spacial score (nSPS) is 10.9. The zero-order valence-electron chi connectivity index (χ0n) is 15.1. The Morgan fingerprint density at radius 1 is 1.19 bits per heavy atom. The molecule has 0 fully saturated rings. The molecule has 0 aliphatic heterocycles. The molecule has 0 aliphatic carbocycles. The van der Waals surface area contributed by atoms with E-state index in [9.17, 15) is 4.79 Å². The number of hydrogen-bond donors (Lipinski definition) is 1. The molecule has 0 radical (unpaired) electrons. The quantitative estimate of drug-likeness (QED) is 0.592. The third kappa shape index (κ3) is 3.64. The Morgan fingerprint density at radius 2 is 2.07 bits per heavy atom. The van der Waals surface area contributed by atoms with Crippen LogP contribution in [0.4, 0.5) is 5.82 Å². The maximum atomic E-state index is 12.2. The van der Waals surface area contributed by atoms with Crippen LogP contribution in [0.15, 0.2) is 61.2 Å². The fourth-order valence-corrected chi connectivity index (χ4v) is 2.80. The van der Waals surface area contributed by atoms with Crippen LogP contribution in [0, 0.1) is 6.92 Å². The van der Waals surface area contributed by atoms with Gasteiger partial charge in [0.1, 0.15) is 12.4 Å². The molecule has 0 aliphatic rings. The minimum Gasteiger partial charge on any atom is -0.309 e. The van der Waals surface area contributed by atoms with Gasteiger partial charge in [0.05, 0.1) is 23.8 Å². The molecule has 27 heavy (non-hydrogen) atoms. The molecular weight excluding hydrogens is 342 g/mol. The molecule has 1 amide bonds. The van der Waals surface area contributed by atoms with Gasteiger partial charge >= 0.3 is 0 Å². The van der Waals surface area contributed by atoms with E-state index in [1.165, 1.54) is 5.56 Å². The molecule has 1 N–H and O–H groups in total. The maximum absolute atomic E-state index is 12.2. The summed E-state index contributed by atoms with van der Waals surface area (Å²) in [5.41, 5.74) is 3.83. The molecule has 3 heterocycles. The Hall–Kier alpha value is -3.68. The van der Waals surface area contributed by atoms with E-state index in [0.29, 0.717) is 5.82 Å². The molecule has 1 aromatic carbocycles.